The van der Waals surface area contributed by atoms with Crippen molar-refractivity contribution in [3.63, 3.8) is 0 Å². The number of ether oxygens (including phenoxy) is 1. The zero-order chi connectivity index (χ0) is 16.3. The third kappa shape index (κ3) is 2.85. The van der Waals surface area contributed by atoms with Gasteiger partial charge in [0.1, 0.15) is 29.5 Å². The monoisotopic (exact) mass is 377 g/mol. The van der Waals surface area contributed by atoms with Crippen molar-refractivity contribution in [3.05, 3.63) is 45.1 Å². The Bertz CT molecular complexity index is 831. The third-order valence-corrected chi connectivity index (χ3v) is 3.93. The van der Waals surface area contributed by atoms with E-state index in [0.29, 0.717) is 11.1 Å². The smallest absolute Gasteiger partial charge is 0.325 e. The number of esters is 1. The van der Waals surface area contributed by atoms with Crippen molar-refractivity contribution in [2.24, 2.45) is 0 Å². The van der Waals surface area contributed by atoms with Gasteiger partial charge in [-0.25, -0.2) is 0 Å². The SMILES string of the molecule is COC(=O)Cn1c(Cl)c(-c2cccc(Br)c2)c(C#N)c1C#N. The number of hydrogen-bond donors (Lipinski definition) is 0. The molecule has 1 aromatic carbocycles. The molecule has 7 heteroatoms. The second-order valence-corrected chi connectivity index (χ2v) is 5.56. The lowest BCUT2D eigenvalue weighted by Crippen LogP contribution is -2.13. The second-order valence-electron chi connectivity index (χ2n) is 4.29. The predicted octanol–water partition coefficient (Wildman–Crippen LogP) is 3.49. The van der Waals surface area contributed by atoms with E-state index in [1.165, 1.54) is 11.7 Å². The second kappa shape index (κ2) is 6.65. The summed E-state index contributed by atoms with van der Waals surface area (Å²) in [6, 6.07) is 11.1. The van der Waals surface area contributed by atoms with Crippen LogP contribution in [0.1, 0.15) is 11.3 Å². The summed E-state index contributed by atoms with van der Waals surface area (Å²) in [7, 11) is 1.24. The van der Waals surface area contributed by atoms with Crippen LogP contribution >= 0.6 is 27.5 Å². The highest BCUT2D eigenvalue weighted by Gasteiger charge is 2.24. The summed E-state index contributed by atoms with van der Waals surface area (Å²) in [6.45, 7) is -0.235. The molecule has 0 fully saturated rings. The van der Waals surface area contributed by atoms with E-state index in [0.717, 1.165) is 4.47 Å². The van der Waals surface area contributed by atoms with Gasteiger partial charge in [-0.15, -0.1) is 0 Å². The molecule has 0 aliphatic rings. The fraction of sp³-hybridized carbons (Fsp3) is 0.133. The minimum absolute atomic E-state index is 0.0351. The van der Waals surface area contributed by atoms with E-state index >= 15 is 0 Å². The van der Waals surface area contributed by atoms with Crippen LogP contribution in [0.2, 0.25) is 5.15 Å². The van der Waals surface area contributed by atoms with Gasteiger partial charge in [-0.2, -0.15) is 10.5 Å². The molecule has 0 saturated carbocycles. The summed E-state index contributed by atoms with van der Waals surface area (Å²) in [6.07, 6.45) is 0. The van der Waals surface area contributed by atoms with E-state index in [-0.39, 0.29) is 23.0 Å². The fourth-order valence-corrected chi connectivity index (χ4v) is 2.81. The number of benzene rings is 1. The van der Waals surface area contributed by atoms with Crippen molar-refractivity contribution in [2.75, 3.05) is 7.11 Å². The minimum Gasteiger partial charge on any atom is -0.468 e. The number of nitriles is 2. The maximum absolute atomic E-state index is 11.5. The first-order chi connectivity index (χ1) is 10.5. The van der Waals surface area contributed by atoms with Crippen LogP contribution in [0.25, 0.3) is 11.1 Å². The van der Waals surface area contributed by atoms with Crippen LogP contribution in [0, 0.1) is 22.7 Å². The fourth-order valence-electron chi connectivity index (χ4n) is 2.06. The van der Waals surface area contributed by atoms with Crippen molar-refractivity contribution in [3.8, 4) is 23.3 Å². The Kier molecular flexibility index (Phi) is 4.87. The van der Waals surface area contributed by atoms with Crippen LogP contribution in [-0.2, 0) is 16.1 Å². The van der Waals surface area contributed by atoms with Gasteiger partial charge in [-0.05, 0) is 17.7 Å². The molecule has 0 bridgehead atoms. The molecule has 2 rings (SSSR count). The van der Waals surface area contributed by atoms with E-state index in [1.807, 2.05) is 18.2 Å². The Morgan fingerprint density at radius 3 is 2.68 bits per heavy atom. The van der Waals surface area contributed by atoms with E-state index in [1.54, 1.807) is 18.2 Å². The Hall–Kier alpha value is -2.28. The Morgan fingerprint density at radius 1 is 1.41 bits per heavy atom. The highest BCUT2D eigenvalue weighted by atomic mass is 79.9. The van der Waals surface area contributed by atoms with Crippen LogP contribution in [0.5, 0.6) is 0 Å². The largest absolute Gasteiger partial charge is 0.468 e. The van der Waals surface area contributed by atoms with Crippen LogP contribution in [0.4, 0.5) is 0 Å². The zero-order valence-corrected chi connectivity index (χ0v) is 13.8. The molecule has 0 unspecified atom stereocenters. The Balaban J connectivity index is 2.73. The topological polar surface area (TPSA) is 78.8 Å². The molecule has 1 heterocycles. The third-order valence-electron chi connectivity index (χ3n) is 3.05. The minimum atomic E-state index is -0.557. The highest BCUT2D eigenvalue weighted by molar-refractivity contribution is 9.10. The molecule has 2 aromatic rings. The van der Waals surface area contributed by atoms with E-state index in [2.05, 4.69) is 20.7 Å². The van der Waals surface area contributed by atoms with Crippen molar-refractivity contribution >= 4 is 33.5 Å². The maximum atomic E-state index is 11.5. The molecule has 0 saturated heterocycles. The van der Waals surface area contributed by atoms with Crippen LogP contribution < -0.4 is 0 Å². The standard InChI is InChI=1S/C15H9BrClN3O2/c1-22-13(21)8-20-12(7-19)11(6-18)14(15(20)17)9-3-2-4-10(16)5-9/h2-5H,8H2,1H3. The molecule has 1 aromatic heterocycles. The van der Waals surface area contributed by atoms with Gasteiger partial charge in [0.2, 0.25) is 0 Å². The Morgan fingerprint density at radius 2 is 2.14 bits per heavy atom. The molecule has 5 nitrogen and oxygen atoms in total. The first-order valence-corrected chi connectivity index (χ1v) is 7.25. The molecule has 0 atom stereocenters. The number of halogens is 2. The molecular formula is C15H9BrClN3O2. The average molecular weight is 379 g/mol. The lowest BCUT2D eigenvalue weighted by Gasteiger charge is -2.05. The lowest BCUT2D eigenvalue weighted by atomic mass is 10.0. The van der Waals surface area contributed by atoms with E-state index in [9.17, 15) is 15.3 Å². The maximum Gasteiger partial charge on any atom is 0.325 e. The molecule has 110 valence electrons. The molecule has 0 amide bonds. The lowest BCUT2D eigenvalue weighted by molar-refractivity contribution is -0.141. The first kappa shape index (κ1) is 16.1. The molecule has 22 heavy (non-hydrogen) atoms. The summed E-state index contributed by atoms with van der Waals surface area (Å²) in [4.78, 5) is 11.5. The Labute approximate surface area is 140 Å². The average Bonchev–Trinajstić information content (AvgIpc) is 2.78. The number of carbonyl (C=O) groups is 1. The van der Waals surface area contributed by atoms with Crippen molar-refractivity contribution in [1.82, 2.24) is 4.57 Å². The quantitative estimate of drug-likeness (QED) is 0.766. The summed E-state index contributed by atoms with van der Waals surface area (Å²) in [5, 5.41) is 18.9. The van der Waals surface area contributed by atoms with Crippen molar-refractivity contribution < 1.29 is 9.53 Å². The first-order valence-electron chi connectivity index (χ1n) is 6.08. The summed E-state index contributed by atoms with van der Waals surface area (Å²) in [5.74, 6) is -0.557. The van der Waals surface area contributed by atoms with Gasteiger partial charge in [0, 0.05) is 10.0 Å². The molecular weight excluding hydrogens is 370 g/mol. The number of rotatable bonds is 3. The van der Waals surface area contributed by atoms with Crippen molar-refractivity contribution in [2.45, 2.75) is 6.54 Å². The van der Waals surface area contributed by atoms with E-state index < -0.39 is 5.97 Å². The van der Waals surface area contributed by atoms with Crippen LogP contribution in [0.15, 0.2) is 28.7 Å². The van der Waals surface area contributed by atoms with Gasteiger partial charge >= 0.3 is 5.97 Å². The van der Waals surface area contributed by atoms with E-state index in [4.69, 9.17) is 11.6 Å². The van der Waals surface area contributed by atoms with Gasteiger partial charge in [-0.3, -0.25) is 4.79 Å². The predicted molar refractivity (Wildman–Crippen MR) is 84.0 cm³/mol. The molecule has 0 aliphatic heterocycles. The van der Waals surface area contributed by atoms with Gasteiger partial charge in [0.15, 0.2) is 0 Å². The number of aromatic nitrogens is 1. The normalized spacial score (nSPS) is 9.86. The summed E-state index contributed by atoms with van der Waals surface area (Å²) < 4.78 is 6.69. The van der Waals surface area contributed by atoms with Crippen molar-refractivity contribution in [1.29, 1.82) is 10.5 Å². The molecule has 0 radical (unpaired) electrons. The van der Waals surface area contributed by atoms with Gasteiger partial charge in [0.25, 0.3) is 0 Å². The molecule has 0 N–H and O–H groups in total. The number of methoxy groups -OCH3 is 1. The van der Waals surface area contributed by atoms with Crippen LogP contribution in [0.3, 0.4) is 0 Å². The van der Waals surface area contributed by atoms with Crippen LogP contribution in [-0.4, -0.2) is 17.6 Å². The number of nitrogens with zero attached hydrogens (tertiary/aromatic N) is 3. The highest BCUT2D eigenvalue weighted by Crippen LogP contribution is 2.36. The van der Waals surface area contributed by atoms with Gasteiger partial charge in [0.05, 0.1) is 12.7 Å². The molecule has 0 spiro atoms. The van der Waals surface area contributed by atoms with Gasteiger partial charge in [-0.1, -0.05) is 39.7 Å². The number of hydrogen-bond acceptors (Lipinski definition) is 4. The number of carbonyl (C=O) groups excluding carboxylic acids is 1. The summed E-state index contributed by atoms with van der Waals surface area (Å²) >= 11 is 9.67. The zero-order valence-electron chi connectivity index (χ0n) is 11.4. The molecule has 0 aliphatic carbocycles. The summed E-state index contributed by atoms with van der Waals surface area (Å²) in [5.41, 5.74) is 1.27. The van der Waals surface area contributed by atoms with Gasteiger partial charge < -0.3 is 9.30 Å².